The van der Waals surface area contributed by atoms with Crippen molar-refractivity contribution >= 4 is 22.0 Å². The Labute approximate surface area is 148 Å². The van der Waals surface area contributed by atoms with Crippen LogP contribution in [0.25, 0.3) is 0 Å². The summed E-state index contributed by atoms with van der Waals surface area (Å²) in [5, 5.41) is 6.03. The normalized spacial score (nSPS) is 14.5. The van der Waals surface area contributed by atoms with E-state index >= 15 is 0 Å². The van der Waals surface area contributed by atoms with E-state index in [-0.39, 0.29) is 13.0 Å². The van der Waals surface area contributed by atoms with Gasteiger partial charge in [0.2, 0.25) is 10.0 Å². The quantitative estimate of drug-likeness (QED) is 0.611. The van der Waals surface area contributed by atoms with E-state index in [2.05, 4.69) is 4.74 Å². The minimum Gasteiger partial charge on any atom is -0.480 e. The second-order valence-corrected chi connectivity index (χ2v) is 7.18. The Balaban J connectivity index is 3.05. The second kappa shape index (κ2) is 8.99. The highest BCUT2D eigenvalue weighted by Crippen LogP contribution is 2.29. The lowest BCUT2D eigenvalue weighted by Crippen LogP contribution is -2.51. The molecule has 1 aromatic carbocycles. The van der Waals surface area contributed by atoms with E-state index < -0.39 is 45.9 Å². The van der Waals surface area contributed by atoms with Gasteiger partial charge in [-0.3, -0.25) is 9.59 Å². The van der Waals surface area contributed by atoms with Gasteiger partial charge in [-0.05, 0) is 18.9 Å². The number of carboxylic acids is 1. The zero-order valence-electron chi connectivity index (χ0n) is 13.7. The van der Waals surface area contributed by atoms with E-state index in [1.54, 1.807) is 22.9 Å². The van der Waals surface area contributed by atoms with Crippen LogP contribution in [0.4, 0.5) is 13.2 Å². The smallest absolute Gasteiger partial charge is 0.407 e. The van der Waals surface area contributed by atoms with Crippen molar-refractivity contribution in [2.24, 2.45) is 0 Å². The molecule has 0 aliphatic heterocycles. The minimum absolute atomic E-state index is 0.220. The number of aliphatic carboxylic acids is 1. The molecule has 1 unspecified atom stereocenters. The van der Waals surface area contributed by atoms with Crippen molar-refractivity contribution < 1.29 is 41.0 Å². The van der Waals surface area contributed by atoms with Gasteiger partial charge in [0, 0.05) is 0 Å². The molecule has 2 atom stereocenters. The molecule has 0 saturated heterocycles. The highest BCUT2D eigenvalue weighted by Gasteiger charge is 2.51. The van der Waals surface area contributed by atoms with Gasteiger partial charge in [0.1, 0.15) is 6.04 Å². The molecule has 11 heteroatoms. The molecule has 7 nitrogen and oxygen atoms in total. The van der Waals surface area contributed by atoms with Gasteiger partial charge in [-0.2, -0.15) is 13.2 Å². The third kappa shape index (κ3) is 6.64. The van der Waals surface area contributed by atoms with Crippen LogP contribution < -0.4 is 4.72 Å². The average Bonchev–Trinajstić information content (AvgIpc) is 2.52. The minimum atomic E-state index is -5.28. The molecule has 26 heavy (non-hydrogen) atoms. The molecule has 0 saturated carbocycles. The molecule has 1 aromatic rings. The van der Waals surface area contributed by atoms with Crippen LogP contribution in [0.15, 0.2) is 30.3 Å². The van der Waals surface area contributed by atoms with Crippen molar-refractivity contribution in [2.45, 2.75) is 37.2 Å². The highest BCUT2D eigenvalue weighted by atomic mass is 32.2. The zero-order chi connectivity index (χ0) is 20.0. The van der Waals surface area contributed by atoms with E-state index in [1.165, 1.54) is 19.1 Å². The van der Waals surface area contributed by atoms with Crippen molar-refractivity contribution in [1.29, 1.82) is 0 Å². The van der Waals surface area contributed by atoms with Crippen LogP contribution >= 0.6 is 0 Å². The van der Waals surface area contributed by atoms with Crippen LogP contribution in [0.2, 0.25) is 0 Å². The molecular weight excluding hydrogens is 379 g/mol. The molecule has 0 fully saturated rings. The number of hydrogen-bond acceptors (Lipinski definition) is 5. The number of ether oxygens (including phenoxy) is 1. The van der Waals surface area contributed by atoms with Crippen molar-refractivity contribution in [3.05, 3.63) is 35.9 Å². The van der Waals surface area contributed by atoms with Gasteiger partial charge in [0.25, 0.3) is 0 Å². The Morgan fingerprint density at radius 2 is 1.81 bits per heavy atom. The summed E-state index contributed by atoms with van der Waals surface area (Å²) in [6.07, 6.45) is -7.11. The van der Waals surface area contributed by atoms with Crippen molar-refractivity contribution in [3.8, 4) is 0 Å². The third-order valence-electron chi connectivity index (χ3n) is 3.28. The van der Waals surface area contributed by atoms with Crippen LogP contribution in [0.3, 0.4) is 0 Å². The van der Waals surface area contributed by atoms with Gasteiger partial charge >= 0.3 is 18.1 Å². The average molecular weight is 397 g/mol. The standard InChI is InChI=1S/C15H18F3NO6S/c1-2-25-13(20)9-12(15(16,17)18)26(23,24)19-11(14(21)22)8-10-6-4-3-5-7-10/h3-7,11-12,19H,2,8-9H2,1H3,(H,21,22)/t11-,12?/m0/s1. The maximum Gasteiger partial charge on any atom is 0.407 e. The van der Waals surface area contributed by atoms with Gasteiger partial charge in [0.05, 0.1) is 13.0 Å². The summed E-state index contributed by atoms with van der Waals surface area (Å²) in [4.78, 5) is 22.6. The summed E-state index contributed by atoms with van der Waals surface area (Å²) in [6.45, 7) is 1.14. The maximum absolute atomic E-state index is 13.1. The maximum atomic E-state index is 13.1. The van der Waals surface area contributed by atoms with E-state index in [1.807, 2.05) is 0 Å². The van der Waals surface area contributed by atoms with Gasteiger partial charge in [-0.25, -0.2) is 13.1 Å². The predicted octanol–water partition coefficient (Wildman–Crippen LogP) is 1.49. The number of carbonyl (C=O) groups excluding carboxylic acids is 1. The van der Waals surface area contributed by atoms with Gasteiger partial charge in [-0.15, -0.1) is 0 Å². The van der Waals surface area contributed by atoms with Crippen LogP contribution in [0.5, 0.6) is 0 Å². The molecule has 0 amide bonds. The lowest BCUT2D eigenvalue weighted by Gasteiger charge is -2.23. The molecule has 0 heterocycles. The van der Waals surface area contributed by atoms with E-state index in [4.69, 9.17) is 5.11 Å². The van der Waals surface area contributed by atoms with E-state index in [9.17, 15) is 31.2 Å². The number of benzene rings is 1. The molecule has 1 rings (SSSR count). The fourth-order valence-corrected chi connectivity index (χ4v) is 3.53. The zero-order valence-corrected chi connectivity index (χ0v) is 14.5. The Morgan fingerprint density at radius 1 is 1.23 bits per heavy atom. The summed E-state index contributed by atoms with van der Waals surface area (Å²) in [7, 11) is -5.21. The number of halogens is 3. The lowest BCUT2D eigenvalue weighted by atomic mass is 10.1. The highest BCUT2D eigenvalue weighted by molar-refractivity contribution is 7.90. The van der Waals surface area contributed by atoms with Crippen molar-refractivity contribution in [1.82, 2.24) is 4.72 Å². The van der Waals surface area contributed by atoms with Crippen LogP contribution in [-0.4, -0.2) is 49.5 Å². The number of sulfonamides is 1. The molecule has 0 aliphatic carbocycles. The van der Waals surface area contributed by atoms with Crippen molar-refractivity contribution in [3.63, 3.8) is 0 Å². The fourth-order valence-electron chi connectivity index (χ4n) is 2.08. The summed E-state index contributed by atoms with van der Waals surface area (Å²) in [6, 6.07) is 5.97. The first-order chi connectivity index (χ1) is 12.0. The van der Waals surface area contributed by atoms with Crippen LogP contribution in [0.1, 0.15) is 18.9 Å². The van der Waals surface area contributed by atoms with Crippen LogP contribution in [-0.2, 0) is 30.8 Å². The van der Waals surface area contributed by atoms with E-state index in [0.29, 0.717) is 5.56 Å². The number of esters is 1. The number of rotatable bonds is 9. The molecule has 0 aromatic heterocycles. The largest absolute Gasteiger partial charge is 0.480 e. The molecule has 0 spiro atoms. The summed E-state index contributed by atoms with van der Waals surface area (Å²) in [5.74, 6) is -3.00. The molecule has 146 valence electrons. The van der Waals surface area contributed by atoms with Crippen LogP contribution in [0, 0.1) is 0 Å². The number of carboxylic acid groups (broad SMARTS) is 1. The molecule has 2 N–H and O–H groups in total. The summed E-state index contributed by atoms with van der Waals surface area (Å²) < 4.78 is 69.5. The third-order valence-corrected chi connectivity index (χ3v) is 5.08. The summed E-state index contributed by atoms with van der Waals surface area (Å²) >= 11 is 0. The molecule has 0 bridgehead atoms. The fraction of sp³-hybridized carbons (Fsp3) is 0.467. The second-order valence-electron chi connectivity index (χ2n) is 5.28. The van der Waals surface area contributed by atoms with E-state index in [0.717, 1.165) is 0 Å². The Bertz CT molecular complexity index is 721. The number of hydrogen-bond donors (Lipinski definition) is 2. The monoisotopic (exact) mass is 397 g/mol. The first kappa shape index (κ1) is 21.9. The predicted molar refractivity (Wildman–Crippen MR) is 84.7 cm³/mol. The van der Waals surface area contributed by atoms with Crippen molar-refractivity contribution in [2.75, 3.05) is 6.61 Å². The Hall–Kier alpha value is -2.14. The molecule has 0 radical (unpaired) electrons. The SMILES string of the molecule is CCOC(=O)CC(C(F)(F)F)S(=O)(=O)N[C@@H](Cc1ccccc1)C(=O)O. The van der Waals surface area contributed by atoms with Gasteiger partial charge in [-0.1, -0.05) is 30.3 Å². The molecular formula is C15H18F3NO6S. The first-order valence-electron chi connectivity index (χ1n) is 7.47. The number of nitrogens with one attached hydrogen (secondary N) is 1. The topological polar surface area (TPSA) is 110 Å². The Morgan fingerprint density at radius 3 is 2.27 bits per heavy atom. The number of alkyl halides is 3. The Kier molecular flexibility index (Phi) is 7.57. The first-order valence-corrected chi connectivity index (χ1v) is 9.02. The number of carbonyl (C=O) groups is 2. The van der Waals surface area contributed by atoms with Gasteiger partial charge in [0.15, 0.2) is 5.25 Å². The molecule has 0 aliphatic rings. The lowest BCUT2D eigenvalue weighted by molar-refractivity contribution is -0.155. The summed E-state index contributed by atoms with van der Waals surface area (Å²) in [5.41, 5.74) is 0.413. The van der Waals surface area contributed by atoms with Gasteiger partial charge < -0.3 is 9.84 Å².